The summed E-state index contributed by atoms with van der Waals surface area (Å²) in [6.45, 7) is 13.5. The molecule has 18 heteroatoms. The molecule has 5 N–H and O–H groups in total. The number of piperazine rings is 2. The summed E-state index contributed by atoms with van der Waals surface area (Å²) in [5, 5.41) is 42.8. The molecule has 70 heavy (non-hydrogen) atoms. The third-order valence-electron chi connectivity index (χ3n) is 14.5. The van der Waals surface area contributed by atoms with E-state index >= 15 is 0 Å². The van der Waals surface area contributed by atoms with Crippen molar-refractivity contribution in [3.05, 3.63) is 106 Å². The number of amides is 2. The quantitative estimate of drug-likeness (QED) is 0.106. The smallest absolute Gasteiger partial charge is 0.348 e. The van der Waals surface area contributed by atoms with E-state index < -0.39 is 5.69 Å². The number of phenols is 3. The Morgan fingerprint density at radius 3 is 2.26 bits per heavy atom. The number of hydrogen-bond donors (Lipinski definition) is 5. The number of fused-ring (bicyclic) bond motifs is 2. The van der Waals surface area contributed by atoms with Gasteiger partial charge < -0.3 is 45.1 Å². The molecular weight excluding hydrogens is 889 g/mol. The lowest BCUT2D eigenvalue weighted by molar-refractivity contribution is -0.132. The van der Waals surface area contributed by atoms with Crippen molar-refractivity contribution in [1.82, 2.24) is 44.3 Å². The number of aromatic amines is 1. The molecule has 4 aliphatic rings. The first-order valence-electron chi connectivity index (χ1n) is 24.7. The van der Waals surface area contributed by atoms with Gasteiger partial charge in [0, 0.05) is 133 Å². The molecule has 10 rings (SSSR count). The Morgan fingerprint density at radius 2 is 1.50 bits per heavy atom. The molecule has 3 fully saturated rings. The molecule has 0 radical (unpaired) electrons. The van der Waals surface area contributed by atoms with E-state index in [9.17, 15) is 29.7 Å². The molecule has 4 aliphatic heterocycles. The van der Waals surface area contributed by atoms with Gasteiger partial charge in [-0.25, -0.2) is 19.4 Å². The largest absolute Gasteiger partial charge is 0.508 e. The number of hydrogen-bond acceptors (Lipinski definition) is 14. The van der Waals surface area contributed by atoms with Gasteiger partial charge in [-0.05, 0) is 66.5 Å². The van der Waals surface area contributed by atoms with Crippen LogP contribution in [0, 0.1) is 5.92 Å². The van der Waals surface area contributed by atoms with E-state index in [-0.39, 0.29) is 34.9 Å². The summed E-state index contributed by atoms with van der Waals surface area (Å²) >= 11 is 0. The second-order valence-corrected chi connectivity index (χ2v) is 19.0. The van der Waals surface area contributed by atoms with Gasteiger partial charge >= 0.3 is 5.69 Å². The Balaban J connectivity index is 0.700. The molecule has 6 aromatic rings. The van der Waals surface area contributed by atoms with Crippen molar-refractivity contribution in [2.24, 2.45) is 5.92 Å². The summed E-state index contributed by atoms with van der Waals surface area (Å²) in [5.41, 5.74) is 4.67. The number of nitrogens with one attached hydrogen (secondary N) is 2. The number of piperidine rings is 1. The summed E-state index contributed by atoms with van der Waals surface area (Å²) < 4.78 is 1.41. The standard InChI is InChI=1S/C52H62N12O6/c1-2-47(68)61-25-27-62(28-26-61)49-42-16-20-63(45-30-40(66)29-37-5-3-4-6-41(37)45)34-44(42)54-51(55-49)53-17-13-48(69)60-18-14-36(15-19-60)33-59-23-21-58(22-24-59)32-35-7-9-38(10-8-35)64-50(56-57-52(64)70)43-12-11-39(65)31-46(43)67/h3-12,29-31,36,65-67H,2,13-28,32-34H2,1H3,(H,57,70)(H,53,54,55). The molecule has 18 nitrogen and oxygen atoms in total. The second kappa shape index (κ2) is 20.4. The zero-order chi connectivity index (χ0) is 48.3. The summed E-state index contributed by atoms with van der Waals surface area (Å²) in [4.78, 5) is 62.5. The first-order chi connectivity index (χ1) is 34.1. The van der Waals surface area contributed by atoms with Crippen molar-refractivity contribution < 1.29 is 24.9 Å². The predicted octanol–water partition coefficient (Wildman–Crippen LogP) is 4.77. The van der Waals surface area contributed by atoms with Gasteiger partial charge in [-0.2, -0.15) is 10.1 Å². The van der Waals surface area contributed by atoms with Crippen molar-refractivity contribution in [2.45, 2.75) is 52.1 Å². The molecule has 366 valence electrons. The number of likely N-dealkylation sites (tertiary alicyclic amines) is 1. The molecule has 6 heterocycles. The van der Waals surface area contributed by atoms with E-state index in [1.165, 1.54) is 22.8 Å². The number of rotatable bonds is 13. The minimum Gasteiger partial charge on any atom is -0.508 e. The lowest BCUT2D eigenvalue weighted by Crippen LogP contribution is -2.49. The molecule has 0 bridgehead atoms. The number of nitrogens with zero attached hydrogens (tertiary/aromatic N) is 10. The molecule has 2 amide bonds. The van der Waals surface area contributed by atoms with Crippen molar-refractivity contribution in [3.63, 3.8) is 0 Å². The highest BCUT2D eigenvalue weighted by molar-refractivity contribution is 5.95. The third-order valence-corrected chi connectivity index (χ3v) is 14.5. The molecule has 2 aromatic heterocycles. The maximum Gasteiger partial charge on any atom is 0.348 e. The van der Waals surface area contributed by atoms with Crippen LogP contribution in [-0.2, 0) is 29.1 Å². The van der Waals surface area contributed by atoms with Crippen LogP contribution in [0.3, 0.4) is 0 Å². The topological polar surface area (TPSA) is 203 Å². The van der Waals surface area contributed by atoms with Crippen LogP contribution in [0.25, 0.3) is 27.8 Å². The molecule has 0 spiro atoms. The summed E-state index contributed by atoms with van der Waals surface area (Å²) in [6, 6.07) is 23.7. The normalized spacial score (nSPS) is 17.3. The van der Waals surface area contributed by atoms with Crippen molar-refractivity contribution in [2.75, 3.05) is 100 Å². The van der Waals surface area contributed by atoms with Crippen LogP contribution in [0.2, 0.25) is 0 Å². The first-order valence-corrected chi connectivity index (χ1v) is 24.7. The van der Waals surface area contributed by atoms with Gasteiger partial charge in [0.15, 0.2) is 5.82 Å². The maximum absolute atomic E-state index is 13.6. The highest BCUT2D eigenvalue weighted by atomic mass is 16.3. The van der Waals surface area contributed by atoms with Gasteiger partial charge in [0.25, 0.3) is 0 Å². The fourth-order valence-electron chi connectivity index (χ4n) is 10.6. The highest BCUT2D eigenvalue weighted by Gasteiger charge is 2.30. The third kappa shape index (κ3) is 10.1. The van der Waals surface area contributed by atoms with E-state index in [1.54, 1.807) is 6.07 Å². The van der Waals surface area contributed by atoms with Gasteiger partial charge in [0.05, 0.1) is 23.5 Å². The zero-order valence-electron chi connectivity index (χ0n) is 39.8. The maximum atomic E-state index is 13.6. The Labute approximate surface area is 406 Å². The monoisotopic (exact) mass is 950 g/mol. The van der Waals surface area contributed by atoms with Crippen LogP contribution in [0.5, 0.6) is 17.2 Å². The van der Waals surface area contributed by atoms with Gasteiger partial charge in [-0.3, -0.25) is 14.5 Å². The molecular formula is C52H62N12O6. The fourth-order valence-corrected chi connectivity index (χ4v) is 10.6. The molecule has 4 aromatic carbocycles. The van der Waals surface area contributed by atoms with Gasteiger partial charge in [0.1, 0.15) is 23.1 Å². The van der Waals surface area contributed by atoms with Gasteiger partial charge in [-0.1, -0.05) is 43.3 Å². The zero-order valence-corrected chi connectivity index (χ0v) is 39.8. The number of aromatic hydroxyl groups is 3. The van der Waals surface area contributed by atoms with Crippen molar-refractivity contribution >= 4 is 40.0 Å². The molecule has 0 unspecified atom stereocenters. The van der Waals surface area contributed by atoms with Gasteiger partial charge in [0.2, 0.25) is 17.8 Å². The number of H-pyrrole nitrogens is 1. The SMILES string of the molecule is CCC(=O)N1CCN(c2nc(NCCC(=O)N3CCC(CN4CCN(Cc5ccc(-n6c(-c7ccc(O)cc7O)n[nH]c6=O)cc5)CC4)CC3)nc3c2CCN(c2cc(O)cc4ccccc24)C3)CC1. The van der Waals surface area contributed by atoms with E-state index in [0.29, 0.717) is 75.2 Å². The molecule has 0 aliphatic carbocycles. The lowest BCUT2D eigenvalue weighted by atomic mass is 9.95. The van der Waals surface area contributed by atoms with E-state index in [0.717, 1.165) is 117 Å². The van der Waals surface area contributed by atoms with Crippen molar-refractivity contribution in [3.8, 4) is 34.3 Å². The molecule has 0 atom stereocenters. The second-order valence-electron chi connectivity index (χ2n) is 19.0. The predicted molar refractivity (Wildman–Crippen MR) is 269 cm³/mol. The summed E-state index contributed by atoms with van der Waals surface area (Å²) in [7, 11) is 0. The average molecular weight is 951 g/mol. The van der Waals surface area contributed by atoms with Crippen LogP contribution in [0.4, 0.5) is 17.5 Å². The van der Waals surface area contributed by atoms with Crippen LogP contribution in [0.1, 0.15) is 49.4 Å². The number of carbonyl (C=O) groups excluding carboxylic acids is 2. The number of benzene rings is 4. The Bertz CT molecular complexity index is 2900. The van der Waals surface area contributed by atoms with E-state index in [2.05, 4.69) is 41.2 Å². The highest BCUT2D eigenvalue weighted by Crippen LogP contribution is 2.37. The number of phenolic OH excluding ortho intramolecular Hbond substituents is 3. The number of carbonyl (C=O) groups is 2. The number of aromatic nitrogens is 5. The lowest BCUT2D eigenvalue weighted by Gasteiger charge is -2.39. The fraction of sp³-hybridized carbons (Fsp3) is 0.423. The summed E-state index contributed by atoms with van der Waals surface area (Å²) in [6.07, 6.45) is 3.55. The first kappa shape index (κ1) is 46.5. The minimum atomic E-state index is -0.424. The van der Waals surface area contributed by atoms with E-state index in [1.807, 2.05) is 65.3 Å². The van der Waals surface area contributed by atoms with Crippen LogP contribution in [-0.4, -0.2) is 157 Å². The Kier molecular flexibility index (Phi) is 13.6. The van der Waals surface area contributed by atoms with Crippen molar-refractivity contribution in [1.29, 1.82) is 0 Å². The minimum absolute atomic E-state index is 0.0788. The average Bonchev–Trinajstić information content (AvgIpc) is 3.76. The van der Waals surface area contributed by atoms with Crippen LogP contribution in [0.15, 0.2) is 83.7 Å². The van der Waals surface area contributed by atoms with Crippen LogP contribution < -0.4 is 20.8 Å². The molecule has 0 saturated carbocycles. The summed E-state index contributed by atoms with van der Waals surface area (Å²) in [5.74, 6) is 2.48. The van der Waals surface area contributed by atoms with E-state index in [4.69, 9.17) is 9.97 Å². The molecule has 3 saturated heterocycles. The number of anilines is 3. The van der Waals surface area contributed by atoms with Crippen LogP contribution >= 0.6 is 0 Å². The van der Waals surface area contributed by atoms with Gasteiger partial charge in [-0.15, -0.1) is 0 Å². The Morgan fingerprint density at radius 1 is 0.757 bits per heavy atom. The Hall–Kier alpha value is -7.18.